The summed E-state index contributed by atoms with van der Waals surface area (Å²) in [5.74, 6) is 0.387. The molecule has 0 radical (unpaired) electrons. The number of piperazine rings is 1. The Balaban J connectivity index is 1.45. The van der Waals surface area contributed by atoms with Crippen LogP contribution in [0.25, 0.3) is 5.69 Å². The molecule has 0 saturated carbocycles. The van der Waals surface area contributed by atoms with Crippen LogP contribution in [0.5, 0.6) is 5.88 Å². The van der Waals surface area contributed by atoms with Crippen LogP contribution in [0.15, 0.2) is 36.4 Å². The summed E-state index contributed by atoms with van der Waals surface area (Å²) < 4.78 is 32.9. The van der Waals surface area contributed by atoms with Crippen molar-refractivity contribution < 1.29 is 13.5 Å². The van der Waals surface area contributed by atoms with E-state index in [0.29, 0.717) is 23.0 Å². The summed E-state index contributed by atoms with van der Waals surface area (Å²) >= 11 is 0. The maximum absolute atomic E-state index is 12.8. The molecule has 0 spiro atoms. The van der Waals surface area contributed by atoms with Gasteiger partial charge in [0.05, 0.1) is 23.1 Å². The van der Waals surface area contributed by atoms with Gasteiger partial charge in [-0.15, -0.1) is 10.2 Å². The van der Waals surface area contributed by atoms with Gasteiger partial charge in [-0.25, -0.2) is 13.5 Å². The van der Waals surface area contributed by atoms with E-state index in [1.807, 2.05) is 13.0 Å². The summed E-state index contributed by atoms with van der Waals surface area (Å²) in [7, 11) is 0. The second-order valence-corrected chi connectivity index (χ2v) is 6.72. The minimum atomic E-state index is -2.51. The second kappa shape index (κ2) is 8.58. The lowest BCUT2D eigenvalue weighted by Crippen LogP contribution is -2.43. The molecule has 0 bridgehead atoms. The fourth-order valence-electron chi connectivity index (χ4n) is 3.11. The SMILES string of the molecule is Cc1nnn(-c2ccc(C(F)F)cc2)c1COc1ccc([C@@H]2CNCCN2)nn1. The maximum atomic E-state index is 12.8. The smallest absolute Gasteiger partial charge is 0.263 e. The fourth-order valence-corrected chi connectivity index (χ4v) is 3.11. The van der Waals surface area contributed by atoms with E-state index in [1.54, 1.807) is 22.9 Å². The van der Waals surface area contributed by atoms with Gasteiger partial charge in [-0.1, -0.05) is 17.3 Å². The highest BCUT2D eigenvalue weighted by molar-refractivity contribution is 5.36. The fraction of sp³-hybridized carbons (Fsp3) is 0.368. The number of hydrogen-bond donors (Lipinski definition) is 2. The molecular formula is C19H21F2N7O. The van der Waals surface area contributed by atoms with Gasteiger partial charge < -0.3 is 15.4 Å². The molecule has 1 atom stereocenters. The number of ether oxygens (including phenoxy) is 1. The topological polar surface area (TPSA) is 89.8 Å². The lowest BCUT2D eigenvalue weighted by molar-refractivity contribution is 0.151. The number of nitrogens with one attached hydrogen (secondary N) is 2. The number of aryl methyl sites for hydroxylation is 1. The zero-order chi connectivity index (χ0) is 20.2. The van der Waals surface area contributed by atoms with Crippen molar-refractivity contribution in [3.05, 3.63) is 59.0 Å². The summed E-state index contributed by atoms with van der Waals surface area (Å²) in [6.45, 7) is 4.62. The summed E-state index contributed by atoms with van der Waals surface area (Å²) in [6.07, 6.45) is -2.51. The van der Waals surface area contributed by atoms with Crippen LogP contribution in [0.1, 0.15) is 35.1 Å². The molecule has 1 saturated heterocycles. The molecular weight excluding hydrogens is 380 g/mol. The minimum Gasteiger partial charge on any atom is -0.470 e. The number of hydrogen-bond acceptors (Lipinski definition) is 7. The van der Waals surface area contributed by atoms with Gasteiger partial charge in [0.15, 0.2) is 0 Å². The Labute approximate surface area is 166 Å². The van der Waals surface area contributed by atoms with E-state index in [-0.39, 0.29) is 18.2 Å². The van der Waals surface area contributed by atoms with E-state index in [9.17, 15) is 8.78 Å². The van der Waals surface area contributed by atoms with Crippen molar-refractivity contribution >= 4 is 0 Å². The highest BCUT2D eigenvalue weighted by atomic mass is 19.3. The summed E-state index contributed by atoms with van der Waals surface area (Å²) in [5, 5.41) is 23.2. The van der Waals surface area contributed by atoms with Crippen molar-refractivity contribution in [1.29, 1.82) is 0 Å². The van der Waals surface area contributed by atoms with Crippen molar-refractivity contribution in [2.75, 3.05) is 19.6 Å². The first-order valence-electron chi connectivity index (χ1n) is 9.32. The molecule has 152 valence electrons. The van der Waals surface area contributed by atoms with Gasteiger partial charge >= 0.3 is 0 Å². The van der Waals surface area contributed by atoms with Crippen molar-refractivity contribution in [3.63, 3.8) is 0 Å². The molecule has 4 rings (SSSR count). The molecule has 0 aliphatic carbocycles. The van der Waals surface area contributed by atoms with Crippen molar-refractivity contribution in [3.8, 4) is 11.6 Å². The highest BCUT2D eigenvalue weighted by Gasteiger charge is 2.17. The van der Waals surface area contributed by atoms with E-state index < -0.39 is 6.43 Å². The highest BCUT2D eigenvalue weighted by Crippen LogP contribution is 2.21. The number of nitrogens with zero attached hydrogens (tertiary/aromatic N) is 5. The van der Waals surface area contributed by atoms with Crippen molar-refractivity contribution in [2.24, 2.45) is 0 Å². The van der Waals surface area contributed by atoms with Crippen LogP contribution in [0.4, 0.5) is 8.78 Å². The lowest BCUT2D eigenvalue weighted by atomic mass is 10.1. The third-order valence-electron chi connectivity index (χ3n) is 4.76. The van der Waals surface area contributed by atoms with Crippen LogP contribution in [-0.2, 0) is 6.61 Å². The number of halogens is 2. The Morgan fingerprint density at radius 1 is 1.10 bits per heavy atom. The third kappa shape index (κ3) is 4.38. The number of alkyl halides is 2. The summed E-state index contributed by atoms with van der Waals surface area (Å²) in [5.41, 5.74) is 2.84. The number of aromatic nitrogens is 5. The zero-order valence-corrected chi connectivity index (χ0v) is 15.8. The molecule has 29 heavy (non-hydrogen) atoms. The molecule has 1 aromatic carbocycles. The van der Waals surface area contributed by atoms with Crippen LogP contribution in [-0.4, -0.2) is 44.8 Å². The maximum Gasteiger partial charge on any atom is 0.263 e. The molecule has 2 aromatic heterocycles. The molecule has 1 aliphatic rings. The number of rotatable bonds is 6. The van der Waals surface area contributed by atoms with Crippen LogP contribution in [0.2, 0.25) is 0 Å². The normalized spacial score (nSPS) is 16.9. The standard InChI is InChI=1S/C19H21F2N7O/c1-12-17(28(27-24-12)14-4-2-13(3-5-14)19(20)21)11-29-18-7-6-15(25-26-18)16-10-22-8-9-23-16/h2-7,16,19,22-23H,8-11H2,1H3/t16-/m0/s1. The summed E-state index contributed by atoms with van der Waals surface area (Å²) in [4.78, 5) is 0. The van der Waals surface area contributed by atoms with Gasteiger partial charge in [0.2, 0.25) is 5.88 Å². The first-order chi connectivity index (χ1) is 14.1. The average Bonchev–Trinajstić information content (AvgIpc) is 3.13. The first-order valence-corrected chi connectivity index (χ1v) is 9.32. The monoisotopic (exact) mass is 401 g/mol. The van der Waals surface area contributed by atoms with E-state index in [1.165, 1.54) is 12.1 Å². The Kier molecular flexibility index (Phi) is 5.72. The minimum absolute atomic E-state index is 0.0404. The molecule has 0 amide bonds. The molecule has 8 nitrogen and oxygen atoms in total. The number of benzene rings is 1. The van der Waals surface area contributed by atoms with E-state index in [2.05, 4.69) is 31.1 Å². The van der Waals surface area contributed by atoms with E-state index in [4.69, 9.17) is 4.74 Å². The average molecular weight is 401 g/mol. The van der Waals surface area contributed by atoms with E-state index in [0.717, 1.165) is 25.3 Å². The van der Waals surface area contributed by atoms with Gasteiger partial charge in [0.1, 0.15) is 12.3 Å². The van der Waals surface area contributed by atoms with Crippen molar-refractivity contribution in [1.82, 2.24) is 35.8 Å². The molecule has 0 unspecified atom stereocenters. The first kappa shape index (κ1) is 19.3. The van der Waals surface area contributed by atoms with Gasteiger partial charge in [0, 0.05) is 31.3 Å². The van der Waals surface area contributed by atoms with Gasteiger partial charge in [-0.3, -0.25) is 0 Å². The third-order valence-corrected chi connectivity index (χ3v) is 4.76. The Morgan fingerprint density at radius 3 is 2.59 bits per heavy atom. The van der Waals surface area contributed by atoms with Gasteiger partial charge in [-0.2, -0.15) is 5.10 Å². The van der Waals surface area contributed by atoms with Crippen LogP contribution in [0.3, 0.4) is 0 Å². The second-order valence-electron chi connectivity index (χ2n) is 6.72. The van der Waals surface area contributed by atoms with Crippen LogP contribution < -0.4 is 15.4 Å². The molecule has 10 heteroatoms. The van der Waals surface area contributed by atoms with E-state index >= 15 is 0 Å². The quantitative estimate of drug-likeness (QED) is 0.654. The summed E-state index contributed by atoms with van der Waals surface area (Å²) in [6, 6.07) is 9.71. The predicted molar refractivity (Wildman–Crippen MR) is 101 cm³/mol. The van der Waals surface area contributed by atoms with Gasteiger partial charge in [0.25, 0.3) is 6.43 Å². The van der Waals surface area contributed by atoms with Crippen LogP contribution >= 0.6 is 0 Å². The Bertz CT molecular complexity index is 938. The molecule has 1 fully saturated rings. The zero-order valence-electron chi connectivity index (χ0n) is 15.8. The largest absolute Gasteiger partial charge is 0.470 e. The van der Waals surface area contributed by atoms with Gasteiger partial charge in [-0.05, 0) is 25.1 Å². The molecule has 3 heterocycles. The van der Waals surface area contributed by atoms with Crippen molar-refractivity contribution in [2.45, 2.75) is 26.0 Å². The predicted octanol–water partition coefficient (Wildman–Crippen LogP) is 2.12. The molecule has 2 N–H and O–H groups in total. The van der Waals surface area contributed by atoms with Crippen LogP contribution in [0, 0.1) is 6.92 Å². The molecule has 3 aromatic rings. The molecule has 1 aliphatic heterocycles. The Morgan fingerprint density at radius 2 is 1.93 bits per heavy atom. The lowest BCUT2D eigenvalue weighted by Gasteiger charge is -2.23. The Hall–Kier alpha value is -2.98.